The third-order valence-electron chi connectivity index (χ3n) is 2.44. The predicted molar refractivity (Wildman–Crippen MR) is 55.5 cm³/mol. The lowest BCUT2D eigenvalue weighted by molar-refractivity contribution is -0.126. The Morgan fingerprint density at radius 3 is 2.62 bits per heavy atom. The van der Waals surface area contributed by atoms with Gasteiger partial charge in [0.05, 0.1) is 0 Å². The molecule has 1 atom stereocenters. The molecule has 6 heteroatoms. The predicted octanol–water partition coefficient (Wildman–Crippen LogP) is 1.70. The molecule has 4 nitrogen and oxygen atoms in total. The maximum Gasteiger partial charge on any atom is 0.324 e. The summed E-state index contributed by atoms with van der Waals surface area (Å²) in [5, 5.41) is 2.48. The summed E-state index contributed by atoms with van der Waals surface area (Å²) in [7, 11) is 1.33. The first kappa shape index (κ1) is 10.9. The van der Waals surface area contributed by atoms with Gasteiger partial charge in [0.15, 0.2) is 0 Å². The third kappa shape index (κ3) is 1.53. The van der Waals surface area contributed by atoms with Gasteiger partial charge in [-0.15, -0.1) is 0 Å². The number of urea groups is 1. The molecule has 0 aliphatic carbocycles. The van der Waals surface area contributed by atoms with Gasteiger partial charge in [-0.05, 0) is 12.1 Å². The highest BCUT2D eigenvalue weighted by Gasteiger charge is 2.38. The molecule has 1 saturated heterocycles. The summed E-state index contributed by atoms with van der Waals surface area (Å²) < 4.78 is 13.5. The standard InChI is InChI=1S/C10H8ClFN2O2/c1-14-9(15)8(13-10(14)16)7-5(11)3-2-4-6(7)12/h2-4,8H,1H3,(H,13,16). The topological polar surface area (TPSA) is 49.4 Å². The summed E-state index contributed by atoms with van der Waals surface area (Å²) >= 11 is 5.81. The highest BCUT2D eigenvalue weighted by molar-refractivity contribution is 6.31. The molecule has 0 saturated carbocycles. The van der Waals surface area contributed by atoms with Crippen LogP contribution in [0.1, 0.15) is 11.6 Å². The minimum absolute atomic E-state index is 0.00636. The molecule has 0 spiro atoms. The number of nitrogens with one attached hydrogen (secondary N) is 1. The van der Waals surface area contributed by atoms with Crippen molar-refractivity contribution in [1.82, 2.24) is 10.2 Å². The molecule has 1 fully saturated rings. The van der Waals surface area contributed by atoms with Crippen molar-refractivity contribution in [2.45, 2.75) is 6.04 Å². The second-order valence-electron chi connectivity index (χ2n) is 3.42. The fraction of sp³-hybridized carbons (Fsp3) is 0.200. The smallest absolute Gasteiger partial charge is 0.322 e. The van der Waals surface area contributed by atoms with Crippen molar-refractivity contribution in [2.75, 3.05) is 7.05 Å². The largest absolute Gasteiger partial charge is 0.324 e. The molecular formula is C10H8ClFN2O2. The van der Waals surface area contributed by atoms with Crippen molar-refractivity contribution in [1.29, 1.82) is 0 Å². The molecule has 1 aromatic carbocycles. The van der Waals surface area contributed by atoms with Crippen molar-refractivity contribution in [2.24, 2.45) is 0 Å². The Kier molecular flexibility index (Phi) is 2.55. The van der Waals surface area contributed by atoms with E-state index >= 15 is 0 Å². The van der Waals surface area contributed by atoms with E-state index in [0.717, 1.165) is 4.90 Å². The molecule has 1 N–H and O–H groups in total. The molecule has 1 aliphatic rings. The second-order valence-corrected chi connectivity index (χ2v) is 3.82. The van der Waals surface area contributed by atoms with Crippen molar-refractivity contribution in [3.8, 4) is 0 Å². The molecule has 16 heavy (non-hydrogen) atoms. The average Bonchev–Trinajstić information content (AvgIpc) is 2.47. The van der Waals surface area contributed by atoms with E-state index in [2.05, 4.69) is 5.32 Å². The van der Waals surface area contributed by atoms with Gasteiger partial charge in [0.25, 0.3) is 5.91 Å². The molecule has 0 aromatic heterocycles. The lowest BCUT2D eigenvalue weighted by Gasteiger charge is -2.11. The number of hydrogen-bond acceptors (Lipinski definition) is 2. The molecule has 84 valence electrons. The quantitative estimate of drug-likeness (QED) is 0.762. The van der Waals surface area contributed by atoms with E-state index in [1.807, 2.05) is 0 Å². The van der Waals surface area contributed by atoms with Crippen molar-refractivity contribution in [3.05, 3.63) is 34.6 Å². The maximum atomic E-state index is 13.5. The van der Waals surface area contributed by atoms with Gasteiger partial charge in [-0.1, -0.05) is 17.7 Å². The van der Waals surface area contributed by atoms with Gasteiger partial charge in [-0.3, -0.25) is 9.69 Å². The van der Waals surface area contributed by atoms with E-state index in [4.69, 9.17) is 11.6 Å². The number of carbonyl (C=O) groups is 2. The Labute approximate surface area is 96.0 Å². The van der Waals surface area contributed by atoms with Crippen LogP contribution in [0.5, 0.6) is 0 Å². The van der Waals surface area contributed by atoms with E-state index < -0.39 is 23.8 Å². The second kappa shape index (κ2) is 3.75. The lowest BCUT2D eigenvalue weighted by Crippen LogP contribution is -2.25. The van der Waals surface area contributed by atoms with Crippen LogP contribution in [0.15, 0.2) is 18.2 Å². The number of imide groups is 1. The molecule has 1 heterocycles. The maximum absolute atomic E-state index is 13.5. The first-order valence-corrected chi connectivity index (χ1v) is 4.92. The highest BCUT2D eigenvalue weighted by Crippen LogP contribution is 2.29. The number of halogens is 2. The fourth-order valence-electron chi connectivity index (χ4n) is 1.56. The number of carbonyl (C=O) groups excluding carboxylic acids is 2. The van der Waals surface area contributed by atoms with Crippen molar-refractivity contribution >= 4 is 23.5 Å². The van der Waals surface area contributed by atoms with Crippen LogP contribution < -0.4 is 5.32 Å². The van der Waals surface area contributed by atoms with Crippen LogP contribution >= 0.6 is 11.6 Å². The van der Waals surface area contributed by atoms with Crippen molar-refractivity contribution < 1.29 is 14.0 Å². The Bertz CT molecular complexity index is 458. The molecule has 0 bridgehead atoms. The number of benzene rings is 1. The van der Waals surface area contributed by atoms with Crippen LogP contribution in [-0.2, 0) is 4.79 Å². The number of nitrogens with zero attached hydrogens (tertiary/aromatic N) is 1. The minimum atomic E-state index is -1.04. The summed E-state index contributed by atoms with van der Waals surface area (Å²) in [6.07, 6.45) is 0. The van der Waals surface area contributed by atoms with Gasteiger partial charge in [-0.25, -0.2) is 9.18 Å². The molecule has 2 rings (SSSR count). The van der Waals surface area contributed by atoms with Gasteiger partial charge in [0.1, 0.15) is 11.9 Å². The van der Waals surface area contributed by atoms with Gasteiger partial charge in [0, 0.05) is 17.6 Å². The summed E-state index contributed by atoms with van der Waals surface area (Å²) in [5.41, 5.74) is 0.00636. The Morgan fingerprint density at radius 1 is 1.44 bits per heavy atom. The Morgan fingerprint density at radius 2 is 2.12 bits per heavy atom. The molecular weight excluding hydrogens is 235 g/mol. The molecule has 1 aromatic rings. The zero-order valence-electron chi connectivity index (χ0n) is 8.33. The summed E-state index contributed by atoms with van der Waals surface area (Å²) in [6, 6.07) is 2.50. The number of rotatable bonds is 1. The number of hydrogen-bond donors (Lipinski definition) is 1. The van der Waals surface area contributed by atoms with E-state index in [1.165, 1.54) is 25.2 Å². The van der Waals surface area contributed by atoms with Gasteiger partial charge in [-0.2, -0.15) is 0 Å². The van der Waals surface area contributed by atoms with E-state index in [1.54, 1.807) is 0 Å². The summed E-state index contributed by atoms with van der Waals surface area (Å²) in [6.45, 7) is 0. The Balaban J connectivity index is 2.47. The normalized spacial score (nSPS) is 20.2. The fourth-order valence-corrected chi connectivity index (χ4v) is 1.83. The van der Waals surface area contributed by atoms with E-state index in [-0.39, 0.29) is 10.6 Å². The minimum Gasteiger partial charge on any atom is -0.322 e. The summed E-state index contributed by atoms with van der Waals surface area (Å²) in [5.74, 6) is -1.13. The molecule has 3 amide bonds. The zero-order valence-corrected chi connectivity index (χ0v) is 9.08. The van der Waals surface area contributed by atoms with Crippen LogP contribution in [0.4, 0.5) is 9.18 Å². The Hall–Kier alpha value is -1.62. The van der Waals surface area contributed by atoms with Gasteiger partial charge >= 0.3 is 6.03 Å². The number of amides is 3. The summed E-state index contributed by atoms with van der Waals surface area (Å²) in [4.78, 5) is 23.8. The molecule has 0 radical (unpaired) electrons. The third-order valence-corrected chi connectivity index (χ3v) is 2.77. The molecule has 1 aliphatic heterocycles. The van der Waals surface area contributed by atoms with E-state index in [0.29, 0.717) is 0 Å². The van der Waals surface area contributed by atoms with Crippen LogP contribution in [0.3, 0.4) is 0 Å². The highest BCUT2D eigenvalue weighted by atomic mass is 35.5. The molecule has 1 unspecified atom stereocenters. The zero-order chi connectivity index (χ0) is 11.9. The van der Waals surface area contributed by atoms with Gasteiger partial charge < -0.3 is 5.32 Å². The van der Waals surface area contributed by atoms with Crippen LogP contribution in [0.2, 0.25) is 5.02 Å². The average molecular weight is 243 g/mol. The van der Waals surface area contributed by atoms with Crippen molar-refractivity contribution in [3.63, 3.8) is 0 Å². The van der Waals surface area contributed by atoms with Crippen LogP contribution in [0, 0.1) is 5.82 Å². The first-order valence-electron chi connectivity index (χ1n) is 4.54. The SMILES string of the molecule is CN1C(=O)NC(c2c(F)cccc2Cl)C1=O. The van der Waals surface area contributed by atoms with Crippen LogP contribution in [-0.4, -0.2) is 23.9 Å². The van der Waals surface area contributed by atoms with Gasteiger partial charge in [0.2, 0.25) is 0 Å². The monoisotopic (exact) mass is 242 g/mol. The van der Waals surface area contributed by atoms with Crippen LogP contribution in [0.25, 0.3) is 0 Å². The van der Waals surface area contributed by atoms with E-state index in [9.17, 15) is 14.0 Å². The lowest BCUT2D eigenvalue weighted by atomic mass is 10.1. The number of likely N-dealkylation sites (N-methyl/N-ethyl adjacent to an activating group) is 1. The first-order chi connectivity index (χ1) is 7.52.